The molecule has 0 radical (unpaired) electrons. The summed E-state index contributed by atoms with van der Waals surface area (Å²) in [5.74, 6) is -1.44. The number of anilines is 2. The van der Waals surface area contributed by atoms with Crippen LogP contribution < -0.4 is 10.6 Å². The highest BCUT2D eigenvalue weighted by molar-refractivity contribution is 8.00. The molecule has 5 aromatic rings. The number of benzene rings is 4. The van der Waals surface area contributed by atoms with Gasteiger partial charge in [0, 0.05) is 34.0 Å². The maximum Gasteiger partial charge on any atom is 0.328 e. The molecule has 1 unspecified atom stereocenters. The van der Waals surface area contributed by atoms with Crippen LogP contribution in [-0.2, 0) is 14.4 Å². The molecule has 0 aliphatic carbocycles. The smallest absolute Gasteiger partial charge is 0.328 e. The monoisotopic (exact) mass is 549 g/mol. The van der Waals surface area contributed by atoms with E-state index in [-0.39, 0.29) is 5.91 Å². The van der Waals surface area contributed by atoms with Crippen LogP contribution in [-0.4, -0.2) is 27.9 Å². The summed E-state index contributed by atoms with van der Waals surface area (Å²) in [6.07, 6.45) is 1.71. The molecule has 40 heavy (non-hydrogen) atoms. The number of carbonyl (C=O) groups is 3. The first kappa shape index (κ1) is 26.5. The van der Waals surface area contributed by atoms with Gasteiger partial charge in [-0.05, 0) is 66.2 Å². The Kier molecular flexibility index (Phi) is 8.03. The van der Waals surface area contributed by atoms with Gasteiger partial charge in [0.05, 0.1) is 0 Å². The number of fused-ring (bicyclic) bond motifs is 1. The summed E-state index contributed by atoms with van der Waals surface area (Å²) in [5.41, 5.74) is 4.27. The lowest BCUT2D eigenvalue weighted by atomic mass is 10.1. The van der Waals surface area contributed by atoms with Gasteiger partial charge in [-0.1, -0.05) is 42.5 Å². The first-order valence-corrected chi connectivity index (χ1v) is 13.1. The second-order valence-corrected chi connectivity index (χ2v) is 9.83. The molecular formula is C31H23N3O5S. The van der Waals surface area contributed by atoms with Gasteiger partial charge in [0.1, 0.15) is 10.8 Å². The molecule has 198 valence electrons. The minimum Gasteiger partial charge on any atom is -0.478 e. The molecule has 1 heterocycles. The van der Waals surface area contributed by atoms with Gasteiger partial charge in [-0.25, -0.2) is 9.78 Å². The number of hydrogen-bond donors (Lipinski definition) is 3. The Bertz CT molecular complexity index is 1650. The Morgan fingerprint density at radius 1 is 0.775 bits per heavy atom. The van der Waals surface area contributed by atoms with Gasteiger partial charge in [-0.15, -0.1) is 11.8 Å². The standard InChI is InChI=1S/C31H23N3O5S/c35-27(18-19-28(36)37)32-22-14-16-24(17-15-22)40-29(20-6-2-1-3-7-20)30(38)33-23-12-10-21(11-13-23)31-34-25-8-4-5-9-26(25)39-31/h1-19,29H,(H,32,35)(H,33,38)(H,36,37)/b19-18+. The van der Waals surface area contributed by atoms with E-state index in [1.165, 1.54) is 11.8 Å². The van der Waals surface area contributed by atoms with Crippen molar-refractivity contribution >= 4 is 52.0 Å². The van der Waals surface area contributed by atoms with Crippen LogP contribution in [0.25, 0.3) is 22.6 Å². The van der Waals surface area contributed by atoms with Crippen LogP contribution in [0.3, 0.4) is 0 Å². The zero-order valence-electron chi connectivity index (χ0n) is 21.0. The predicted octanol–water partition coefficient (Wildman–Crippen LogP) is 6.55. The molecule has 5 rings (SSSR count). The Morgan fingerprint density at radius 3 is 2.12 bits per heavy atom. The van der Waals surface area contributed by atoms with Crippen LogP contribution in [0, 0.1) is 0 Å². The van der Waals surface area contributed by atoms with Gasteiger partial charge < -0.3 is 20.2 Å². The summed E-state index contributed by atoms with van der Waals surface area (Å²) in [5, 5.41) is 13.7. The number of thioether (sulfide) groups is 1. The third kappa shape index (κ3) is 6.64. The summed E-state index contributed by atoms with van der Waals surface area (Å²) < 4.78 is 5.84. The van der Waals surface area contributed by atoms with E-state index in [4.69, 9.17) is 9.52 Å². The summed E-state index contributed by atoms with van der Waals surface area (Å²) in [6.45, 7) is 0. The van der Waals surface area contributed by atoms with Crippen molar-refractivity contribution in [2.75, 3.05) is 10.6 Å². The number of hydrogen-bond acceptors (Lipinski definition) is 6. The fourth-order valence-corrected chi connectivity index (χ4v) is 4.91. The third-order valence-corrected chi connectivity index (χ3v) is 7.05. The fourth-order valence-electron chi connectivity index (χ4n) is 3.88. The van der Waals surface area contributed by atoms with Gasteiger partial charge in [0.2, 0.25) is 17.7 Å². The number of carboxylic acids is 1. The second kappa shape index (κ2) is 12.1. The van der Waals surface area contributed by atoms with Gasteiger partial charge in [0.25, 0.3) is 0 Å². The van der Waals surface area contributed by atoms with Crippen LogP contribution in [0.15, 0.2) is 125 Å². The van der Waals surface area contributed by atoms with Crippen molar-refractivity contribution in [1.29, 1.82) is 0 Å². The Morgan fingerprint density at radius 2 is 1.43 bits per heavy atom. The van der Waals surface area contributed by atoms with E-state index in [9.17, 15) is 14.4 Å². The molecule has 0 bridgehead atoms. The molecule has 4 aromatic carbocycles. The predicted molar refractivity (Wildman–Crippen MR) is 155 cm³/mol. The number of carbonyl (C=O) groups excluding carboxylic acids is 2. The Hall–Kier alpha value is -5.15. The molecular weight excluding hydrogens is 526 g/mol. The summed E-state index contributed by atoms with van der Waals surface area (Å²) in [7, 11) is 0. The number of nitrogens with zero attached hydrogens (tertiary/aromatic N) is 1. The Balaban J connectivity index is 1.29. The summed E-state index contributed by atoms with van der Waals surface area (Å²) in [4.78, 5) is 41.2. The highest BCUT2D eigenvalue weighted by atomic mass is 32.2. The van der Waals surface area contributed by atoms with Crippen LogP contribution >= 0.6 is 11.8 Å². The second-order valence-electron chi connectivity index (χ2n) is 8.65. The zero-order valence-corrected chi connectivity index (χ0v) is 21.8. The van der Waals surface area contributed by atoms with E-state index in [0.29, 0.717) is 22.8 Å². The summed E-state index contributed by atoms with van der Waals surface area (Å²) >= 11 is 1.37. The van der Waals surface area contributed by atoms with Crippen molar-refractivity contribution in [2.24, 2.45) is 0 Å². The molecule has 0 saturated heterocycles. The first-order chi connectivity index (χ1) is 19.4. The minimum absolute atomic E-state index is 0.193. The van der Waals surface area contributed by atoms with Crippen LogP contribution in [0.1, 0.15) is 10.8 Å². The van der Waals surface area contributed by atoms with Crippen molar-refractivity contribution in [3.05, 3.63) is 121 Å². The third-order valence-electron chi connectivity index (χ3n) is 5.79. The molecule has 8 nitrogen and oxygen atoms in total. The SMILES string of the molecule is O=C(O)/C=C/C(=O)Nc1ccc(SC(C(=O)Nc2ccc(-c3nc4ccccc4o3)cc2)c2ccccc2)cc1. The average molecular weight is 550 g/mol. The van der Waals surface area contributed by atoms with Crippen LogP contribution in [0.5, 0.6) is 0 Å². The summed E-state index contributed by atoms with van der Waals surface area (Å²) in [6, 6.07) is 31.3. The first-order valence-electron chi connectivity index (χ1n) is 12.3. The normalized spacial score (nSPS) is 11.8. The van der Waals surface area contributed by atoms with Crippen LogP contribution in [0.2, 0.25) is 0 Å². The van der Waals surface area contributed by atoms with E-state index in [2.05, 4.69) is 15.6 Å². The number of nitrogens with one attached hydrogen (secondary N) is 2. The van der Waals surface area contributed by atoms with Crippen molar-refractivity contribution < 1.29 is 23.9 Å². The zero-order chi connectivity index (χ0) is 27.9. The highest BCUT2D eigenvalue weighted by Gasteiger charge is 2.22. The number of oxazole rings is 1. The van der Waals surface area contributed by atoms with Gasteiger partial charge in [0.15, 0.2) is 5.58 Å². The quantitative estimate of drug-likeness (QED) is 0.141. The van der Waals surface area contributed by atoms with Crippen molar-refractivity contribution in [2.45, 2.75) is 10.1 Å². The molecule has 0 spiro atoms. The highest BCUT2D eigenvalue weighted by Crippen LogP contribution is 2.37. The van der Waals surface area contributed by atoms with Crippen LogP contribution in [0.4, 0.5) is 11.4 Å². The number of para-hydroxylation sites is 2. The molecule has 0 saturated carbocycles. The van der Waals surface area contributed by atoms with Crippen molar-refractivity contribution in [3.8, 4) is 11.5 Å². The average Bonchev–Trinajstić information content (AvgIpc) is 3.41. The molecule has 0 aliphatic heterocycles. The van der Waals surface area contributed by atoms with Gasteiger partial charge in [-0.3, -0.25) is 9.59 Å². The number of carboxylic acid groups (broad SMARTS) is 1. The van der Waals surface area contributed by atoms with E-state index >= 15 is 0 Å². The largest absolute Gasteiger partial charge is 0.478 e. The molecule has 9 heteroatoms. The van der Waals surface area contributed by atoms with E-state index in [1.807, 2.05) is 78.9 Å². The van der Waals surface area contributed by atoms with Gasteiger partial charge in [-0.2, -0.15) is 0 Å². The van der Waals surface area contributed by atoms with E-state index in [1.54, 1.807) is 24.3 Å². The van der Waals surface area contributed by atoms with E-state index in [0.717, 1.165) is 33.7 Å². The lowest BCUT2D eigenvalue weighted by molar-refractivity contribution is -0.131. The molecule has 1 atom stereocenters. The lowest BCUT2D eigenvalue weighted by Gasteiger charge is -2.17. The lowest BCUT2D eigenvalue weighted by Crippen LogP contribution is -2.19. The number of rotatable bonds is 9. The molecule has 2 amide bonds. The number of aliphatic carboxylic acids is 1. The van der Waals surface area contributed by atoms with Gasteiger partial charge >= 0.3 is 5.97 Å². The maximum atomic E-state index is 13.5. The molecule has 0 aliphatic rings. The molecule has 0 fully saturated rings. The molecule has 3 N–H and O–H groups in total. The maximum absolute atomic E-state index is 13.5. The fraction of sp³-hybridized carbons (Fsp3) is 0.0323. The minimum atomic E-state index is -1.20. The van der Waals surface area contributed by atoms with Crippen molar-refractivity contribution in [3.63, 3.8) is 0 Å². The van der Waals surface area contributed by atoms with E-state index < -0.39 is 17.1 Å². The topological polar surface area (TPSA) is 122 Å². The number of amides is 2. The van der Waals surface area contributed by atoms with Crippen molar-refractivity contribution in [1.82, 2.24) is 4.98 Å². The molecule has 1 aromatic heterocycles. The number of aromatic nitrogens is 1. The Labute approximate surface area is 233 Å².